The molecule has 0 fully saturated rings. The molecule has 2 aromatic rings. The predicted octanol–water partition coefficient (Wildman–Crippen LogP) is 3.98. The van der Waals surface area contributed by atoms with Crippen LogP contribution in [0.4, 0.5) is 4.39 Å². The Morgan fingerprint density at radius 1 is 1.00 bits per heavy atom. The molecule has 0 aromatic heterocycles. The van der Waals surface area contributed by atoms with Gasteiger partial charge in [0.05, 0.1) is 0 Å². The van der Waals surface area contributed by atoms with E-state index in [9.17, 15) is 4.39 Å². The van der Waals surface area contributed by atoms with Crippen LogP contribution in [0.2, 0.25) is 0 Å². The van der Waals surface area contributed by atoms with Gasteiger partial charge in [-0.1, -0.05) is 42.0 Å². The summed E-state index contributed by atoms with van der Waals surface area (Å²) in [5.74, 6) is -0.190. The van der Waals surface area contributed by atoms with Crippen LogP contribution >= 0.6 is 0 Å². The van der Waals surface area contributed by atoms with Crippen LogP contribution in [0.15, 0.2) is 48.5 Å². The molecule has 1 unspecified atom stereocenters. The third-order valence-corrected chi connectivity index (χ3v) is 3.10. The standard InChI is InChI=1S/C16H18FN/c1-12-3-7-15(8-4-12)13(2)18-11-14-5-9-16(17)10-6-14/h3-10,13,18H,11H2,1-2H3. The summed E-state index contributed by atoms with van der Waals surface area (Å²) in [6.07, 6.45) is 0. The monoisotopic (exact) mass is 243 g/mol. The van der Waals surface area contributed by atoms with Crippen LogP contribution in [-0.2, 0) is 6.54 Å². The normalized spacial score (nSPS) is 12.4. The van der Waals surface area contributed by atoms with Crippen molar-refractivity contribution in [3.8, 4) is 0 Å². The summed E-state index contributed by atoms with van der Waals surface area (Å²) in [6, 6.07) is 15.4. The van der Waals surface area contributed by atoms with Gasteiger partial charge in [0.2, 0.25) is 0 Å². The Morgan fingerprint density at radius 2 is 1.61 bits per heavy atom. The van der Waals surface area contributed by atoms with E-state index in [4.69, 9.17) is 0 Å². The molecule has 0 saturated carbocycles. The van der Waals surface area contributed by atoms with Crippen molar-refractivity contribution in [3.63, 3.8) is 0 Å². The summed E-state index contributed by atoms with van der Waals surface area (Å²) in [5, 5.41) is 3.43. The third kappa shape index (κ3) is 3.41. The molecule has 2 aromatic carbocycles. The average molecular weight is 243 g/mol. The summed E-state index contributed by atoms with van der Waals surface area (Å²) < 4.78 is 12.8. The maximum atomic E-state index is 12.8. The Balaban J connectivity index is 1.93. The summed E-state index contributed by atoms with van der Waals surface area (Å²) in [6.45, 7) is 4.96. The quantitative estimate of drug-likeness (QED) is 0.856. The van der Waals surface area contributed by atoms with Crippen LogP contribution in [0.3, 0.4) is 0 Å². The second kappa shape index (κ2) is 5.78. The van der Waals surface area contributed by atoms with E-state index in [1.807, 2.05) is 12.1 Å². The van der Waals surface area contributed by atoms with Crippen molar-refractivity contribution in [1.29, 1.82) is 0 Å². The van der Waals surface area contributed by atoms with Gasteiger partial charge in [0.1, 0.15) is 5.82 Å². The number of benzene rings is 2. The van der Waals surface area contributed by atoms with Gasteiger partial charge in [-0.2, -0.15) is 0 Å². The van der Waals surface area contributed by atoms with Crippen LogP contribution < -0.4 is 5.32 Å². The van der Waals surface area contributed by atoms with Crippen molar-refractivity contribution in [3.05, 3.63) is 71.0 Å². The number of hydrogen-bond acceptors (Lipinski definition) is 1. The Hall–Kier alpha value is -1.67. The van der Waals surface area contributed by atoms with Gasteiger partial charge in [-0.15, -0.1) is 0 Å². The first-order valence-corrected chi connectivity index (χ1v) is 6.19. The molecule has 1 nitrogen and oxygen atoms in total. The minimum atomic E-state index is -0.190. The molecule has 1 atom stereocenters. The van der Waals surface area contributed by atoms with Crippen LogP contribution in [0, 0.1) is 12.7 Å². The lowest BCUT2D eigenvalue weighted by Gasteiger charge is -2.14. The first-order chi connectivity index (χ1) is 8.65. The molecule has 2 rings (SSSR count). The molecule has 18 heavy (non-hydrogen) atoms. The van der Waals surface area contributed by atoms with Crippen molar-refractivity contribution in [2.75, 3.05) is 0 Å². The fourth-order valence-corrected chi connectivity index (χ4v) is 1.85. The number of nitrogens with one attached hydrogen (secondary N) is 1. The highest BCUT2D eigenvalue weighted by Gasteiger charge is 2.04. The molecule has 0 bridgehead atoms. The Labute approximate surface area is 108 Å². The van der Waals surface area contributed by atoms with Crippen LogP contribution in [0.25, 0.3) is 0 Å². The molecule has 2 heteroatoms. The van der Waals surface area contributed by atoms with Crippen molar-refractivity contribution in [2.24, 2.45) is 0 Å². The predicted molar refractivity (Wildman–Crippen MR) is 72.8 cm³/mol. The molecule has 0 saturated heterocycles. The van der Waals surface area contributed by atoms with E-state index in [2.05, 4.69) is 43.4 Å². The molecule has 0 aliphatic heterocycles. The van der Waals surface area contributed by atoms with Gasteiger partial charge in [-0.25, -0.2) is 4.39 Å². The second-order valence-electron chi connectivity index (χ2n) is 4.64. The molecule has 0 aliphatic carbocycles. The lowest BCUT2D eigenvalue weighted by atomic mass is 10.1. The summed E-state index contributed by atoms with van der Waals surface area (Å²) in [4.78, 5) is 0. The highest BCUT2D eigenvalue weighted by molar-refractivity contribution is 5.24. The van der Waals surface area contributed by atoms with Crippen molar-refractivity contribution < 1.29 is 4.39 Å². The van der Waals surface area contributed by atoms with E-state index in [0.717, 1.165) is 12.1 Å². The summed E-state index contributed by atoms with van der Waals surface area (Å²) >= 11 is 0. The van der Waals surface area contributed by atoms with E-state index < -0.39 is 0 Å². The van der Waals surface area contributed by atoms with Crippen LogP contribution in [0.1, 0.15) is 29.7 Å². The van der Waals surface area contributed by atoms with Gasteiger partial charge in [0.15, 0.2) is 0 Å². The zero-order chi connectivity index (χ0) is 13.0. The van der Waals surface area contributed by atoms with E-state index >= 15 is 0 Å². The Kier molecular flexibility index (Phi) is 4.11. The van der Waals surface area contributed by atoms with Gasteiger partial charge < -0.3 is 5.32 Å². The van der Waals surface area contributed by atoms with Crippen LogP contribution in [0.5, 0.6) is 0 Å². The summed E-state index contributed by atoms with van der Waals surface area (Å²) in [7, 11) is 0. The molecule has 0 aliphatic rings. The minimum Gasteiger partial charge on any atom is -0.306 e. The zero-order valence-corrected chi connectivity index (χ0v) is 10.8. The van der Waals surface area contributed by atoms with Crippen molar-refractivity contribution >= 4 is 0 Å². The van der Waals surface area contributed by atoms with Gasteiger partial charge in [0, 0.05) is 12.6 Å². The highest BCUT2D eigenvalue weighted by Crippen LogP contribution is 2.14. The second-order valence-corrected chi connectivity index (χ2v) is 4.64. The van der Waals surface area contributed by atoms with Gasteiger partial charge >= 0.3 is 0 Å². The average Bonchev–Trinajstić information content (AvgIpc) is 2.38. The molecule has 0 amide bonds. The van der Waals surface area contributed by atoms with E-state index in [1.54, 1.807) is 0 Å². The molecular weight excluding hydrogens is 225 g/mol. The van der Waals surface area contributed by atoms with Crippen molar-refractivity contribution in [1.82, 2.24) is 5.32 Å². The lowest BCUT2D eigenvalue weighted by Crippen LogP contribution is -2.17. The van der Waals surface area contributed by atoms with E-state index in [1.165, 1.54) is 23.3 Å². The Morgan fingerprint density at radius 3 is 2.22 bits per heavy atom. The van der Waals surface area contributed by atoms with Gasteiger partial charge in [-0.3, -0.25) is 0 Å². The topological polar surface area (TPSA) is 12.0 Å². The van der Waals surface area contributed by atoms with E-state index in [0.29, 0.717) is 0 Å². The first-order valence-electron chi connectivity index (χ1n) is 6.19. The van der Waals surface area contributed by atoms with Gasteiger partial charge in [0.25, 0.3) is 0 Å². The smallest absolute Gasteiger partial charge is 0.123 e. The third-order valence-electron chi connectivity index (χ3n) is 3.10. The number of rotatable bonds is 4. The molecule has 0 heterocycles. The molecule has 94 valence electrons. The summed E-state index contributed by atoms with van der Waals surface area (Å²) in [5.41, 5.74) is 3.63. The maximum absolute atomic E-state index is 12.8. The fraction of sp³-hybridized carbons (Fsp3) is 0.250. The molecular formula is C16H18FN. The fourth-order valence-electron chi connectivity index (χ4n) is 1.85. The largest absolute Gasteiger partial charge is 0.306 e. The van der Waals surface area contributed by atoms with Crippen LogP contribution in [-0.4, -0.2) is 0 Å². The highest BCUT2D eigenvalue weighted by atomic mass is 19.1. The van der Waals surface area contributed by atoms with E-state index in [-0.39, 0.29) is 11.9 Å². The molecule has 0 radical (unpaired) electrons. The van der Waals surface area contributed by atoms with Gasteiger partial charge in [-0.05, 0) is 37.1 Å². The number of hydrogen-bond donors (Lipinski definition) is 1. The Bertz CT molecular complexity index is 488. The SMILES string of the molecule is Cc1ccc(C(C)NCc2ccc(F)cc2)cc1. The molecule has 1 N–H and O–H groups in total. The minimum absolute atomic E-state index is 0.190. The lowest BCUT2D eigenvalue weighted by molar-refractivity contribution is 0.572. The maximum Gasteiger partial charge on any atom is 0.123 e. The van der Waals surface area contributed by atoms with Crippen molar-refractivity contribution in [2.45, 2.75) is 26.4 Å². The number of aryl methyl sites for hydroxylation is 1. The molecule has 0 spiro atoms. The number of halogens is 1. The zero-order valence-electron chi connectivity index (χ0n) is 10.8. The first kappa shape index (κ1) is 12.8.